The van der Waals surface area contributed by atoms with E-state index in [-0.39, 0.29) is 6.61 Å². The maximum Gasteiger partial charge on any atom is 0.341 e. The predicted molar refractivity (Wildman–Crippen MR) is 86.4 cm³/mol. The first-order valence-electron chi connectivity index (χ1n) is 7.13. The molecule has 0 amide bonds. The first-order chi connectivity index (χ1) is 11.3. The second-order valence-electron chi connectivity index (χ2n) is 4.61. The molecule has 7 heteroatoms. The minimum Gasteiger partial charge on any atom is -0.462 e. The summed E-state index contributed by atoms with van der Waals surface area (Å²) in [7, 11) is 0. The summed E-state index contributed by atoms with van der Waals surface area (Å²) >= 11 is 0. The number of aromatic amines is 1. The molecule has 3 rings (SSSR count). The lowest BCUT2D eigenvalue weighted by molar-refractivity contribution is -0.136. The number of para-hydroxylation sites is 1. The van der Waals surface area contributed by atoms with E-state index in [9.17, 15) is 4.79 Å². The number of rotatable bonds is 5. The smallest absolute Gasteiger partial charge is 0.341 e. The highest BCUT2D eigenvalue weighted by atomic mass is 16.5. The van der Waals surface area contributed by atoms with Crippen LogP contribution < -0.4 is 5.32 Å². The van der Waals surface area contributed by atoms with Crippen LogP contribution in [0.15, 0.2) is 49.2 Å². The number of hydrogen-bond donors (Lipinski definition) is 2. The summed E-state index contributed by atoms with van der Waals surface area (Å²) < 4.78 is 5.13. The molecular weight excluding hydrogens is 294 g/mol. The van der Waals surface area contributed by atoms with E-state index in [0.717, 1.165) is 5.69 Å². The first-order valence-corrected chi connectivity index (χ1v) is 7.13. The Hall–Kier alpha value is -3.22. The molecule has 0 fully saturated rings. The number of carbonyl (C=O) groups is 1. The van der Waals surface area contributed by atoms with Crippen LogP contribution in [0.4, 0.5) is 5.69 Å². The molecule has 0 aliphatic carbocycles. The molecule has 0 saturated heterocycles. The van der Waals surface area contributed by atoms with Gasteiger partial charge in [0.2, 0.25) is 0 Å². The van der Waals surface area contributed by atoms with Gasteiger partial charge in [0, 0.05) is 11.9 Å². The Morgan fingerprint density at radius 2 is 2.09 bits per heavy atom. The fourth-order valence-corrected chi connectivity index (χ4v) is 2.09. The number of benzene rings is 1. The van der Waals surface area contributed by atoms with Crippen LogP contribution in [0.2, 0.25) is 0 Å². The fraction of sp³-hybridized carbons (Fsp3) is 0.125. The molecule has 2 heterocycles. The second-order valence-corrected chi connectivity index (χ2v) is 4.61. The standard InChI is InChI=1S/C16H15N5O2/c1-2-23-16(22)12(8-17-11-6-4-3-5-7-11)13-14-15(20-9-18-13)21-10-19-14/h3-10,17H,2H2,1H3,(H,18,19,20,21)/b12-8-. The third-order valence-electron chi connectivity index (χ3n) is 3.13. The van der Waals surface area contributed by atoms with Crippen LogP contribution >= 0.6 is 0 Å². The van der Waals surface area contributed by atoms with Crippen molar-refractivity contribution in [3.05, 3.63) is 54.9 Å². The van der Waals surface area contributed by atoms with Gasteiger partial charge in [-0.2, -0.15) is 0 Å². The Kier molecular flexibility index (Phi) is 4.28. The summed E-state index contributed by atoms with van der Waals surface area (Å²) in [4.78, 5) is 27.6. The molecule has 3 aromatic rings. The Labute approximate surface area is 132 Å². The molecule has 116 valence electrons. The van der Waals surface area contributed by atoms with E-state index in [0.29, 0.717) is 22.4 Å². The van der Waals surface area contributed by atoms with Gasteiger partial charge in [-0.15, -0.1) is 0 Å². The SMILES string of the molecule is CCOC(=O)/C(=C\Nc1ccccc1)c1ncnc2nc[nH]c12. The fourth-order valence-electron chi connectivity index (χ4n) is 2.09. The summed E-state index contributed by atoms with van der Waals surface area (Å²) in [6.45, 7) is 2.03. The quantitative estimate of drug-likeness (QED) is 0.555. The Morgan fingerprint density at radius 1 is 1.26 bits per heavy atom. The molecule has 0 spiro atoms. The average molecular weight is 309 g/mol. The Bertz CT molecular complexity index is 842. The summed E-state index contributed by atoms with van der Waals surface area (Å²) in [5.41, 5.74) is 2.66. The third-order valence-corrected chi connectivity index (χ3v) is 3.13. The number of hydrogen-bond acceptors (Lipinski definition) is 6. The van der Waals surface area contributed by atoms with Crippen LogP contribution in [0.25, 0.3) is 16.7 Å². The maximum atomic E-state index is 12.3. The highest BCUT2D eigenvalue weighted by Gasteiger charge is 2.19. The maximum absolute atomic E-state index is 12.3. The molecule has 0 unspecified atom stereocenters. The number of fused-ring (bicyclic) bond motifs is 1. The van der Waals surface area contributed by atoms with E-state index in [2.05, 4.69) is 25.3 Å². The van der Waals surface area contributed by atoms with Gasteiger partial charge in [-0.05, 0) is 19.1 Å². The van der Waals surface area contributed by atoms with Gasteiger partial charge in [0.1, 0.15) is 23.1 Å². The average Bonchev–Trinajstić information content (AvgIpc) is 3.05. The summed E-state index contributed by atoms with van der Waals surface area (Å²) in [5, 5.41) is 3.08. The van der Waals surface area contributed by atoms with Crippen LogP contribution in [0.1, 0.15) is 12.6 Å². The van der Waals surface area contributed by atoms with E-state index in [4.69, 9.17) is 4.74 Å². The van der Waals surface area contributed by atoms with Crippen LogP contribution in [-0.4, -0.2) is 32.5 Å². The molecule has 0 aliphatic rings. The van der Waals surface area contributed by atoms with Crippen molar-refractivity contribution in [3.63, 3.8) is 0 Å². The number of aromatic nitrogens is 4. The van der Waals surface area contributed by atoms with Gasteiger partial charge in [-0.3, -0.25) is 0 Å². The molecule has 0 saturated carbocycles. The lowest BCUT2D eigenvalue weighted by atomic mass is 10.1. The minimum atomic E-state index is -0.467. The van der Waals surface area contributed by atoms with Gasteiger partial charge < -0.3 is 15.0 Å². The first kappa shape index (κ1) is 14.7. The van der Waals surface area contributed by atoms with Crippen molar-refractivity contribution in [1.29, 1.82) is 0 Å². The number of esters is 1. The van der Waals surface area contributed by atoms with Crippen molar-refractivity contribution in [3.8, 4) is 0 Å². The Morgan fingerprint density at radius 3 is 2.87 bits per heavy atom. The molecule has 0 bridgehead atoms. The molecule has 0 radical (unpaired) electrons. The molecule has 2 N–H and O–H groups in total. The monoisotopic (exact) mass is 309 g/mol. The van der Waals surface area contributed by atoms with E-state index in [1.54, 1.807) is 13.1 Å². The topological polar surface area (TPSA) is 92.8 Å². The number of nitrogens with one attached hydrogen (secondary N) is 2. The molecule has 23 heavy (non-hydrogen) atoms. The van der Waals surface area contributed by atoms with Gasteiger partial charge in [-0.1, -0.05) is 18.2 Å². The van der Waals surface area contributed by atoms with Crippen LogP contribution in [0.5, 0.6) is 0 Å². The Balaban J connectivity index is 2.02. The van der Waals surface area contributed by atoms with Crippen molar-refractivity contribution >= 4 is 28.4 Å². The van der Waals surface area contributed by atoms with E-state index in [1.165, 1.54) is 12.7 Å². The molecule has 7 nitrogen and oxygen atoms in total. The molecule has 1 aromatic carbocycles. The zero-order chi connectivity index (χ0) is 16.1. The number of imidazole rings is 1. The summed E-state index contributed by atoms with van der Waals surface area (Å²) in [6.07, 6.45) is 4.46. The van der Waals surface area contributed by atoms with Crippen molar-refractivity contribution in [2.75, 3.05) is 11.9 Å². The third kappa shape index (κ3) is 3.18. The molecule has 0 atom stereocenters. The van der Waals surface area contributed by atoms with E-state index in [1.807, 2.05) is 30.3 Å². The highest BCUT2D eigenvalue weighted by molar-refractivity contribution is 6.18. The minimum absolute atomic E-state index is 0.277. The molecule has 0 aliphatic heterocycles. The number of nitrogens with zero attached hydrogens (tertiary/aromatic N) is 3. The highest BCUT2D eigenvalue weighted by Crippen LogP contribution is 2.20. The number of carbonyl (C=O) groups excluding carboxylic acids is 1. The van der Waals surface area contributed by atoms with Crippen LogP contribution in [0, 0.1) is 0 Å². The number of ether oxygens (including phenoxy) is 1. The zero-order valence-electron chi connectivity index (χ0n) is 12.5. The summed E-state index contributed by atoms with van der Waals surface area (Å²) in [5.74, 6) is -0.467. The van der Waals surface area contributed by atoms with Crippen molar-refractivity contribution in [2.24, 2.45) is 0 Å². The molecular formula is C16H15N5O2. The number of H-pyrrole nitrogens is 1. The van der Waals surface area contributed by atoms with E-state index < -0.39 is 5.97 Å². The lowest BCUT2D eigenvalue weighted by Crippen LogP contribution is -2.10. The summed E-state index contributed by atoms with van der Waals surface area (Å²) in [6, 6.07) is 9.51. The van der Waals surface area contributed by atoms with Crippen molar-refractivity contribution in [1.82, 2.24) is 19.9 Å². The van der Waals surface area contributed by atoms with E-state index >= 15 is 0 Å². The zero-order valence-corrected chi connectivity index (χ0v) is 12.5. The van der Waals surface area contributed by atoms with Gasteiger partial charge in [0.15, 0.2) is 5.65 Å². The van der Waals surface area contributed by atoms with Crippen molar-refractivity contribution in [2.45, 2.75) is 6.92 Å². The normalized spacial score (nSPS) is 11.4. The number of anilines is 1. The van der Waals surface area contributed by atoms with Gasteiger partial charge in [0.05, 0.1) is 12.9 Å². The predicted octanol–water partition coefficient (Wildman–Crippen LogP) is 2.37. The lowest BCUT2D eigenvalue weighted by Gasteiger charge is -2.08. The second kappa shape index (κ2) is 6.69. The van der Waals surface area contributed by atoms with Crippen LogP contribution in [0.3, 0.4) is 0 Å². The largest absolute Gasteiger partial charge is 0.462 e. The van der Waals surface area contributed by atoms with Crippen LogP contribution in [-0.2, 0) is 9.53 Å². The molecule has 2 aromatic heterocycles. The van der Waals surface area contributed by atoms with Gasteiger partial charge in [-0.25, -0.2) is 19.7 Å². The van der Waals surface area contributed by atoms with Crippen molar-refractivity contribution < 1.29 is 9.53 Å². The van der Waals surface area contributed by atoms with Gasteiger partial charge in [0.25, 0.3) is 0 Å². The van der Waals surface area contributed by atoms with Gasteiger partial charge >= 0.3 is 5.97 Å².